The topological polar surface area (TPSA) is 87.3 Å². The number of nitro groups is 1. The molecule has 136 valence electrons. The van der Waals surface area contributed by atoms with Gasteiger partial charge in [0.2, 0.25) is 0 Å². The molecular formula is C19H14ClN3O4. The molecule has 8 heteroatoms. The number of carbonyl (C=O) groups excluding carboxylic acids is 1. The van der Waals surface area contributed by atoms with Crippen LogP contribution in [0.5, 0.6) is 5.75 Å². The fourth-order valence-electron chi connectivity index (χ4n) is 2.73. The van der Waals surface area contributed by atoms with Crippen LogP contribution in [0.25, 0.3) is 5.69 Å². The van der Waals surface area contributed by atoms with Crippen molar-refractivity contribution in [1.29, 1.82) is 0 Å². The van der Waals surface area contributed by atoms with Gasteiger partial charge in [-0.2, -0.15) is 5.10 Å². The largest absolute Gasteiger partial charge is 0.420 e. The molecule has 0 unspecified atom stereocenters. The van der Waals surface area contributed by atoms with Crippen molar-refractivity contribution in [3.05, 3.63) is 81.1 Å². The zero-order valence-electron chi connectivity index (χ0n) is 14.0. The number of nitrogens with zero attached hydrogens (tertiary/aromatic N) is 3. The Bertz CT molecular complexity index is 1030. The third kappa shape index (κ3) is 3.54. The molecule has 1 aromatic heterocycles. The Labute approximate surface area is 159 Å². The van der Waals surface area contributed by atoms with E-state index in [4.69, 9.17) is 16.3 Å². The number of hydrogen-bond donors (Lipinski definition) is 0. The van der Waals surface area contributed by atoms with Crippen molar-refractivity contribution in [2.45, 2.75) is 18.8 Å². The van der Waals surface area contributed by atoms with Crippen LogP contribution in [0.3, 0.4) is 0 Å². The lowest BCUT2D eigenvalue weighted by molar-refractivity contribution is -0.384. The molecule has 0 spiro atoms. The molecule has 2 aromatic carbocycles. The highest BCUT2D eigenvalue weighted by molar-refractivity contribution is 6.32. The number of non-ortho nitro benzene ring substituents is 1. The lowest BCUT2D eigenvalue weighted by Gasteiger charge is -2.08. The van der Waals surface area contributed by atoms with Gasteiger partial charge in [0.25, 0.3) is 5.69 Å². The minimum Gasteiger partial charge on any atom is -0.420 e. The van der Waals surface area contributed by atoms with Crippen LogP contribution < -0.4 is 4.74 Å². The van der Waals surface area contributed by atoms with Gasteiger partial charge in [-0.25, -0.2) is 9.48 Å². The van der Waals surface area contributed by atoms with Crippen molar-refractivity contribution < 1.29 is 14.5 Å². The highest BCUT2D eigenvalue weighted by atomic mass is 35.5. The zero-order valence-corrected chi connectivity index (χ0v) is 14.8. The van der Waals surface area contributed by atoms with E-state index in [0.717, 1.165) is 30.3 Å². The third-order valence-electron chi connectivity index (χ3n) is 4.26. The number of ether oxygens (including phenoxy) is 1. The highest BCUT2D eigenvalue weighted by Gasteiger charge is 2.29. The van der Waals surface area contributed by atoms with Gasteiger partial charge in [-0.15, -0.1) is 0 Å². The van der Waals surface area contributed by atoms with Gasteiger partial charge in [0.15, 0.2) is 5.69 Å². The molecule has 1 aliphatic rings. The molecule has 1 fully saturated rings. The second kappa shape index (κ2) is 6.85. The Morgan fingerprint density at radius 1 is 1.19 bits per heavy atom. The first-order valence-electron chi connectivity index (χ1n) is 8.34. The Morgan fingerprint density at radius 3 is 2.56 bits per heavy atom. The Morgan fingerprint density at radius 2 is 1.93 bits per heavy atom. The number of benzene rings is 2. The van der Waals surface area contributed by atoms with Crippen molar-refractivity contribution in [2.24, 2.45) is 0 Å². The smallest absolute Gasteiger partial charge is 0.362 e. The maximum absolute atomic E-state index is 12.8. The molecule has 0 atom stereocenters. The van der Waals surface area contributed by atoms with E-state index in [-0.39, 0.29) is 22.2 Å². The van der Waals surface area contributed by atoms with E-state index in [0.29, 0.717) is 5.92 Å². The maximum atomic E-state index is 12.8. The summed E-state index contributed by atoms with van der Waals surface area (Å²) in [6, 6.07) is 14.7. The summed E-state index contributed by atoms with van der Waals surface area (Å²) in [5.41, 5.74) is 1.69. The minimum atomic E-state index is -0.631. The molecule has 3 aromatic rings. The van der Waals surface area contributed by atoms with Gasteiger partial charge in [-0.1, -0.05) is 29.8 Å². The van der Waals surface area contributed by atoms with E-state index in [2.05, 4.69) is 5.10 Å². The monoisotopic (exact) mass is 383 g/mol. The maximum Gasteiger partial charge on any atom is 0.362 e. The molecular weight excluding hydrogens is 370 g/mol. The first-order valence-corrected chi connectivity index (χ1v) is 8.72. The lowest BCUT2D eigenvalue weighted by atomic mass is 10.2. The SMILES string of the molecule is O=C(Oc1ccc([N+](=O)[O-])cc1Cl)c1cc(C2CC2)nn1-c1ccccc1. The first kappa shape index (κ1) is 17.2. The van der Waals surface area contributed by atoms with Crippen LogP contribution in [0.4, 0.5) is 5.69 Å². The predicted molar refractivity (Wildman–Crippen MR) is 98.6 cm³/mol. The van der Waals surface area contributed by atoms with Crippen LogP contribution in [0, 0.1) is 10.1 Å². The van der Waals surface area contributed by atoms with E-state index in [1.54, 1.807) is 10.7 Å². The number of esters is 1. The van der Waals surface area contributed by atoms with Crippen LogP contribution in [-0.2, 0) is 0 Å². The molecule has 4 rings (SSSR count). The van der Waals surface area contributed by atoms with Gasteiger partial charge in [-0.05, 0) is 37.1 Å². The van der Waals surface area contributed by atoms with E-state index >= 15 is 0 Å². The van der Waals surface area contributed by atoms with Crippen LogP contribution in [0.2, 0.25) is 5.02 Å². The van der Waals surface area contributed by atoms with Crippen molar-refractivity contribution >= 4 is 23.3 Å². The molecule has 0 N–H and O–H groups in total. The van der Waals surface area contributed by atoms with Gasteiger partial charge < -0.3 is 4.74 Å². The van der Waals surface area contributed by atoms with E-state index in [1.165, 1.54) is 12.1 Å². The highest BCUT2D eigenvalue weighted by Crippen LogP contribution is 2.40. The van der Waals surface area contributed by atoms with Crippen molar-refractivity contribution in [3.8, 4) is 11.4 Å². The summed E-state index contributed by atoms with van der Waals surface area (Å²) in [4.78, 5) is 23.0. The van der Waals surface area contributed by atoms with Gasteiger partial charge in [0.1, 0.15) is 5.75 Å². The normalized spacial score (nSPS) is 13.4. The molecule has 1 saturated carbocycles. The zero-order chi connectivity index (χ0) is 19.0. The van der Waals surface area contributed by atoms with Gasteiger partial charge in [-0.3, -0.25) is 10.1 Å². The minimum absolute atomic E-state index is 0.00857. The summed E-state index contributed by atoms with van der Waals surface area (Å²) in [5.74, 6) is -0.209. The summed E-state index contributed by atoms with van der Waals surface area (Å²) >= 11 is 6.02. The first-order chi connectivity index (χ1) is 13.0. The number of halogens is 1. The number of rotatable bonds is 5. The Hall–Kier alpha value is -3.19. The Balaban J connectivity index is 1.66. The molecule has 0 aliphatic heterocycles. The molecule has 27 heavy (non-hydrogen) atoms. The lowest BCUT2D eigenvalue weighted by Crippen LogP contribution is -2.14. The van der Waals surface area contributed by atoms with Crippen LogP contribution in [-0.4, -0.2) is 20.7 Å². The van der Waals surface area contributed by atoms with E-state index in [1.807, 2.05) is 30.3 Å². The number of nitro benzene ring substituents is 1. The van der Waals surface area contributed by atoms with Crippen molar-refractivity contribution in [1.82, 2.24) is 9.78 Å². The summed E-state index contributed by atoms with van der Waals surface area (Å²) in [6.07, 6.45) is 2.10. The fraction of sp³-hybridized carbons (Fsp3) is 0.158. The quantitative estimate of drug-likeness (QED) is 0.279. The summed E-state index contributed by atoms with van der Waals surface area (Å²) in [7, 11) is 0. The van der Waals surface area contributed by atoms with E-state index in [9.17, 15) is 14.9 Å². The summed E-state index contributed by atoms with van der Waals surface area (Å²) in [5, 5.41) is 15.4. The molecule has 0 saturated heterocycles. The summed E-state index contributed by atoms with van der Waals surface area (Å²) in [6.45, 7) is 0. The Kier molecular flexibility index (Phi) is 4.37. The second-order valence-corrected chi connectivity index (χ2v) is 6.64. The van der Waals surface area contributed by atoms with Gasteiger partial charge in [0.05, 0.1) is 21.3 Å². The van der Waals surface area contributed by atoms with E-state index < -0.39 is 10.9 Å². The van der Waals surface area contributed by atoms with Crippen molar-refractivity contribution in [3.63, 3.8) is 0 Å². The molecule has 7 nitrogen and oxygen atoms in total. The molecule has 1 heterocycles. The summed E-state index contributed by atoms with van der Waals surface area (Å²) < 4.78 is 6.94. The molecule has 0 bridgehead atoms. The average molecular weight is 384 g/mol. The standard InChI is InChI=1S/C19H14ClN3O4/c20-15-10-14(23(25)26)8-9-18(15)27-19(24)17-11-16(12-6-7-12)21-22(17)13-4-2-1-3-5-13/h1-5,8-12H,6-7H2. The second-order valence-electron chi connectivity index (χ2n) is 6.24. The van der Waals surface area contributed by atoms with Crippen molar-refractivity contribution in [2.75, 3.05) is 0 Å². The van der Waals surface area contributed by atoms with Crippen LogP contribution >= 0.6 is 11.6 Å². The third-order valence-corrected chi connectivity index (χ3v) is 4.56. The number of carbonyl (C=O) groups is 1. The number of para-hydroxylation sites is 1. The molecule has 1 aliphatic carbocycles. The van der Waals surface area contributed by atoms with Gasteiger partial charge >= 0.3 is 5.97 Å². The average Bonchev–Trinajstić information content (AvgIpc) is 3.42. The van der Waals surface area contributed by atoms with Crippen LogP contribution in [0.15, 0.2) is 54.6 Å². The molecule has 0 radical (unpaired) electrons. The number of aromatic nitrogens is 2. The number of hydrogen-bond acceptors (Lipinski definition) is 5. The molecule has 0 amide bonds. The van der Waals surface area contributed by atoms with Gasteiger partial charge in [0, 0.05) is 18.1 Å². The fourth-order valence-corrected chi connectivity index (χ4v) is 2.94. The van der Waals surface area contributed by atoms with Crippen LogP contribution in [0.1, 0.15) is 34.9 Å². The predicted octanol–water partition coefficient (Wildman–Crippen LogP) is 4.53.